The number of aromatic nitrogens is 2. The molecule has 4 heterocycles. The lowest BCUT2D eigenvalue weighted by molar-refractivity contribution is -0.165. The molecule has 0 bridgehead atoms. The van der Waals surface area contributed by atoms with E-state index in [2.05, 4.69) is 14.9 Å². The molecule has 2 atom stereocenters. The van der Waals surface area contributed by atoms with Gasteiger partial charge < -0.3 is 25.6 Å². The standard InChI is InChI=1S/C27H37N5O5/c28-24-17-20(6-12-30-24)25(35)32-13-4-2-8-27(26(36)37-19-23(34)22(33)7-14-32)9-15-31(16-10-27)18-21-5-1-3-11-29-21/h1,3,5-6,11-12,17,22-23,33-34H,2,4,7-10,13-16,18-19H2,(H2,28,30)/t22-,23+/m0/s1. The molecule has 200 valence electrons. The van der Waals surface area contributed by atoms with Crippen molar-refractivity contribution in [2.75, 3.05) is 38.5 Å². The SMILES string of the molecule is Nc1cc(C(=O)N2CCCCC3(CCN(Cc4ccccn4)CC3)C(=O)OC[C@@H](O)[C@@H](O)CC2)ccn1. The van der Waals surface area contributed by atoms with Gasteiger partial charge in [0.15, 0.2) is 0 Å². The second kappa shape index (κ2) is 12.4. The van der Waals surface area contributed by atoms with Crippen LogP contribution >= 0.6 is 0 Å². The largest absolute Gasteiger partial charge is 0.462 e. The molecule has 2 aromatic rings. The number of ether oxygens (including phenoxy) is 1. The van der Waals surface area contributed by atoms with Gasteiger partial charge in [0.05, 0.1) is 17.2 Å². The second-order valence-electron chi connectivity index (χ2n) is 10.1. The van der Waals surface area contributed by atoms with Crippen LogP contribution in [0.1, 0.15) is 54.6 Å². The van der Waals surface area contributed by atoms with Crippen LogP contribution in [0.2, 0.25) is 0 Å². The van der Waals surface area contributed by atoms with Gasteiger partial charge in [0.2, 0.25) is 0 Å². The fraction of sp³-hybridized carbons (Fsp3) is 0.556. The smallest absolute Gasteiger partial charge is 0.312 e. The first-order chi connectivity index (χ1) is 17.9. The fourth-order valence-corrected chi connectivity index (χ4v) is 5.17. The summed E-state index contributed by atoms with van der Waals surface area (Å²) in [5.41, 5.74) is 6.54. The summed E-state index contributed by atoms with van der Waals surface area (Å²) >= 11 is 0. The summed E-state index contributed by atoms with van der Waals surface area (Å²) in [6.07, 6.45) is 4.50. The van der Waals surface area contributed by atoms with E-state index in [9.17, 15) is 19.8 Å². The molecule has 10 heteroatoms. The van der Waals surface area contributed by atoms with E-state index >= 15 is 0 Å². The Kier molecular flexibility index (Phi) is 9.07. The molecule has 2 saturated heterocycles. The van der Waals surface area contributed by atoms with E-state index in [-0.39, 0.29) is 37.3 Å². The number of esters is 1. The summed E-state index contributed by atoms with van der Waals surface area (Å²) in [6.45, 7) is 2.68. The average Bonchev–Trinajstić information content (AvgIpc) is 2.92. The molecule has 10 nitrogen and oxygen atoms in total. The molecule has 0 aromatic carbocycles. The minimum atomic E-state index is -1.22. The zero-order valence-electron chi connectivity index (χ0n) is 21.2. The van der Waals surface area contributed by atoms with Gasteiger partial charge in [-0.2, -0.15) is 0 Å². The number of nitrogens with zero attached hydrogens (tertiary/aromatic N) is 4. The van der Waals surface area contributed by atoms with Gasteiger partial charge in [-0.05, 0) is 69.5 Å². The number of amides is 1. The number of anilines is 1. The van der Waals surface area contributed by atoms with Crippen molar-refractivity contribution in [1.29, 1.82) is 0 Å². The Balaban J connectivity index is 1.43. The highest BCUT2D eigenvalue weighted by atomic mass is 16.5. The second-order valence-corrected chi connectivity index (χ2v) is 10.1. The van der Waals surface area contributed by atoms with E-state index in [4.69, 9.17) is 10.5 Å². The number of hydrogen-bond donors (Lipinski definition) is 3. The lowest BCUT2D eigenvalue weighted by Gasteiger charge is -2.40. The van der Waals surface area contributed by atoms with Gasteiger partial charge >= 0.3 is 5.97 Å². The van der Waals surface area contributed by atoms with E-state index in [0.29, 0.717) is 37.8 Å². The first-order valence-electron chi connectivity index (χ1n) is 13.0. The predicted molar refractivity (Wildman–Crippen MR) is 137 cm³/mol. The predicted octanol–water partition coefficient (Wildman–Crippen LogP) is 1.62. The van der Waals surface area contributed by atoms with Gasteiger partial charge in [0.25, 0.3) is 5.91 Å². The van der Waals surface area contributed by atoms with E-state index in [0.717, 1.165) is 31.7 Å². The Morgan fingerprint density at radius 1 is 1.03 bits per heavy atom. The maximum atomic E-state index is 13.3. The molecule has 4 rings (SSSR count). The zero-order valence-corrected chi connectivity index (χ0v) is 21.2. The average molecular weight is 512 g/mol. The van der Waals surface area contributed by atoms with Crippen LogP contribution in [0, 0.1) is 5.41 Å². The summed E-state index contributed by atoms with van der Waals surface area (Å²) in [4.78, 5) is 38.8. The number of aliphatic hydroxyl groups excluding tert-OH is 2. The minimum Gasteiger partial charge on any atom is -0.462 e. The van der Waals surface area contributed by atoms with Crippen LogP contribution in [0.15, 0.2) is 42.7 Å². The Hall–Kier alpha value is -3.08. The normalized spacial score (nSPS) is 23.9. The highest BCUT2D eigenvalue weighted by molar-refractivity contribution is 5.94. The summed E-state index contributed by atoms with van der Waals surface area (Å²) in [5.74, 6) is -0.245. The van der Waals surface area contributed by atoms with E-state index in [1.807, 2.05) is 18.2 Å². The summed E-state index contributed by atoms with van der Waals surface area (Å²) in [6, 6.07) is 9.01. The third-order valence-corrected chi connectivity index (χ3v) is 7.53. The number of rotatable bonds is 3. The van der Waals surface area contributed by atoms with Crippen molar-refractivity contribution in [2.24, 2.45) is 5.41 Å². The molecule has 2 aliphatic heterocycles. The fourth-order valence-electron chi connectivity index (χ4n) is 5.17. The molecule has 2 aromatic heterocycles. The van der Waals surface area contributed by atoms with Crippen LogP contribution in [0.25, 0.3) is 0 Å². The number of nitrogen functional groups attached to an aromatic ring is 1. The van der Waals surface area contributed by atoms with Crippen molar-refractivity contribution in [3.8, 4) is 0 Å². The van der Waals surface area contributed by atoms with E-state index in [1.54, 1.807) is 17.2 Å². The van der Waals surface area contributed by atoms with Gasteiger partial charge in [-0.3, -0.25) is 19.5 Å². The van der Waals surface area contributed by atoms with Crippen molar-refractivity contribution in [1.82, 2.24) is 19.8 Å². The van der Waals surface area contributed by atoms with Crippen molar-refractivity contribution in [2.45, 2.75) is 57.3 Å². The molecule has 0 aliphatic carbocycles. The molecule has 0 saturated carbocycles. The number of pyridine rings is 2. The number of nitrogens with two attached hydrogens (primary N) is 1. The van der Waals surface area contributed by atoms with Gasteiger partial charge in [0, 0.05) is 37.6 Å². The summed E-state index contributed by atoms with van der Waals surface area (Å²) in [7, 11) is 0. The van der Waals surface area contributed by atoms with Crippen molar-refractivity contribution < 1.29 is 24.5 Å². The highest BCUT2D eigenvalue weighted by Gasteiger charge is 2.42. The lowest BCUT2D eigenvalue weighted by atomic mass is 9.74. The first-order valence-corrected chi connectivity index (χ1v) is 13.0. The van der Waals surface area contributed by atoms with Gasteiger partial charge in [0.1, 0.15) is 18.5 Å². The molecule has 1 spiro atoms. The maximum Gasteiger partial charge on any atom is 0.312 e. The summed E-state index contributed by atoms with van der Waals surface area (Å²) < 4.78 is 5.56. The van der Waals surface area contributed by atoms with Crippen molar-refractivity contribution in [3.05, 3.63) is 54.0 Å². The topological polar surface area (TPSA) is 142 Å². The Labute approximate surface area is 217 Å². The maximum absolute atomic E-state index is 13.3. The number of carbonyl (C=O) groups is 2. The number of cyclic esters (lactones) is 1. The number of aliphatic hydroxyl groups is 2. The van der Waals surface area contributed by atoms with Crippen molar-refractivity contribution in [3.63, 3.8) is 0 Å². The molecule has 2 fully saturated rings. The highest BCUT2D eigenvalue weighted by Crippen LogP contribution is 2.38. The molecular formula is C27H37N5O5. The number of likely N-dealkylation sites (tertiary alicyclic amines) is 1. The van der Waals surface area contributed by atoms with Crippen molar-refractivity contribution >= 4 is 17.7 Å². The van der Waals surface area contributed by atoms with Crippen LogP contribution in [0.5, 0.6) is 0 Å². The van der Waals surface area contributed by atoms with E-state index < -0.39 is 17.6 Å². The van der Waals surface area contributed by atoms with Crippen LogP contribution in [-0.2, 0) is 16.1 Å². The van der Waals surface area contributed by atoms with Crippen LogP contribution in [0.4, 0.5) is 5.82 Å². The summed E-state index contributed by atoms with van der Waals surface area (Å²) in [5, 5.41) is 20.9. The van der Waals surface area contributed by atoms with Gasteiger partial charge in [-0.25, -0.2) is 4.98 Å². The van der Waals surface area contributed by atoms with Crippen LogP contribution < -0.4 is 5.73 Å². The molecular weight excluding hydrogens is 474 g/mol. The zero-order chi connectivity index (χ0) is 26.3. The Bertz CT molecular complexity index is 1040. The number of carbonyl (C=O) groups excluding carboxylic acids is 2. The molecule has 0 unspecified atom stereocenters. The van der Waals surface area contributed by atoms with Crippen LogP contribution in [0.3, 0.4) is 0 Å². The quantitative estimate of drug-likeness (QED) is 0.524. The Morgan fingerprint density at radius 2 is 1.84 bits per heavy atom. The molecule has 1 amide bonds. The minimum absolute atomic E-state index is 0.165. The number of piperidine rings is 1. The monoisotopic (exact) mass is 511 g/mol. The lowest BCUT2D eigenvalue weighted by Crippen LogP contribution is -2.46. The molecule has 0 radical (unpaired) electrons. The van der Waals surface area contributed by atoms with E-state index in [1.165, 1.54) is 12.3 Å². The van der Waals surface area contributed by atoms with Gasteiger partial charge in [-0.15, -0.1) is 0 Å². The number of hydrogen-bond acceptors (Lipinski definition) is 9. The third-order valence-electron chi connectivity index (χ3n) is 7.53. The van der Waals surface area contributed by atoms with Gasteiger partial charge in [-0.1, -0.05) is 12.5 Å². The first kappa shape index (κ1) is 27.0. The Morgan fingerprint density at radius 3 is 2.57 bits per heavy atom. The molecule has 2 aliphatic rings. The molecule has 4 N–H and O–H groups in total. The third kappa shape index (κ3) is 7.03. The van der Waals surface area contributed by atoms with Crippen LogP contribution in [-0.4, -0.2) is 86.9 Å². The molecule has 37 heavy (non-hydrogen) atoms.